The number of rotatable bonds is 4. The van der Waals surface area contributed by atoms with E-state index < -0.39 is 0 Å². The van der Waals surface area contributed by atoms with Crippen LogP contribution in [0.3, 0.4) is 0 Å². The van der Waals surface area contributed by atoms with Crippen molar-refractivity contribution >= 4 is 0 Å². The summed E-state index contributed by atoms with van der Waals surface area (Å²) in [6, 6.07) is 0. The standard InChI is InChI=1S/C6H16N2.C3H8/c1-4-8(3)6-5-7-2;1-3-2/h7H,4-6H2,1-3H3;3H2,1-2H3. The Balaban J connectivity index is 0. The smallest absolute Gasteiger partial charge is 0.0104 e. The highest BCUT2D eigenvalue weighted by Gasteiger charge is 1.88. The van der Waals surface area contributed by atoms with Crippen LogP contribution in [0.15, 0.2) is 0 Å². The maximum Gasteiger partial charge on any atom is 0.0104 e. The van der Waals surface area contributed by atoms with E-state index in [4.69, 9.17) is 0 Å². The summed E-state index contributed by atoms with van der Waals surface area (Å²) in [4.78, 5) is 2.27. The fourth-order valence-corrected chi connectivity index (χ4v) is 0.461. The summed E-state index contributed by atoms with van der Waals surface area (Å²) in [5.74, 6) is 0. The zero-order valence-electron chi connectivity index (χ0n) is 8.78. The highest BCUT2D eigenvalue weighted by Crippen LogP contribution is 1.75. The van der Waals surface area contributed by atoms with Gasteiger partial charge in [-0.3, -0.25) is 0 Å². The van der Waals surface area contributed by atoms with E-state index in [9.17, 15) is 0 Å². The Morgan fingerprint density at radius 1 is 1.18 bits per heavy atom. The lowest BCUT2D eigenvalue weighted by molar-refractivity contribution is 0.354. The Morgan fingerprint density at radius 2 is 1.64 bits per heavy atom. The molecule has 0 aliphatic rings. The van der Waals surface area contributed by atoms with Gasteiger partial charge in [0.1, 0.15) is 0 Å². The second kappa shape index (κ2) is 12.6. The van der Waals surface area contributed by atoms with Crippen molar-refractivity contribution in [2.24, 2.45) is 0 Å². The van der Waals surface area contributed by atoms with Crippen molar-refractivity contribution in [2.75, 3.05) is 33.7 Å². The van der Waals surface area contributed by atoms with Crippen LogP contribution in [0.1, 0.15) is 27.2 Å². The van der Waals surface area contributed by atoms with E-state index in [0.717, 1.165) is 19.6 Å². The normalized spacial score (nSPS) is 9.27. The number of nitrogens with one attached hydrogen (secondary N) is 1. The summed E-state index contributed by atoms with van der Waals surface area (Å²) in [5, 5.41) is 3.09. The molecule has 0 aromatic heterocycles. The predicted octanol–water partition coefficient (Wildman–Crippen LogP) is 1.57. The Bertz CT molecular complexity index is 55.5. The SMILES string of the molecule is CCC.CCN(C)CCNC. The van der Waals surface area contributed by atoms with Crippen molar-refractivity contribution in [1.29, 1.82) is 0 Å². The molecule has 0 bridgehead atoms. The molecule has 1 N–H and O–H groups in total. The largest absolute Gasteiger partial charge is 0.318 e. The van der Waals surface area contributed by atoms with Gasteiger partial charge in [-0.25, -0.2) is 0 Å². The molecule has 2 heteroatoms. The molecule has 11 heavy (non-hydrogen) atoms. The molecule has 0 saturated heterocycles. The third kappa shape index (κ3) is 17.8. The van der Waals surface area contributed by atoms with Gasteiger partial charge >= 0.3 is 0 Å². The van der Waals surface area contributed by atoms with Crippen molar-refractivity contribution in [3.63, 3.8) is 0 Å². The summed E-state index contributed by atoms with van der Waals surface area (Å²) in [7, 11) is 4.10. The van der Waals surface area contributed by atoms with E-state index in [2.05, 4.69) is 38.0 Å². The molecule has 0 saturated carbocycles. The van der Waals surface area contributed by atoms with E-state index in [1.165, 1.54) is 6.42 Å². The van der Waals surface area contributed by atoms with E-state index in [0.29, 0.717) is 0 Å². The summed E-state index contributed by atoms with van der Waals surface area (Å²) < 4.78 is 0. The first-order valence-electron chi connectivity index (χ1n) is 4.55. The highest BCUT2D eigenvalue weighted by molar-refractivity contribution is 4.47. The summed E-state index contributed by atoms with van der Waals surface area (Å²) in [5.41, 5.74) is 0. The molecule has 70 valence electrons. The van der Waals surface area contributed by atoms with Gasteiger partial charge in [0.05, 0.1) is 0 Å². The monoisotopic (exact) mass is 160 g/mol. The molecule has 0 aromatic rings. The van der Waals surface area contributed by atoms with Gasteiger partial charge < -0.3 is 10.2 Å². The molecule has 0 atom stereocenters. The zero-order chi connectivity index (χ0) is 9.11. The minimum absolute atomic E-state index is 1.09. The molecule has 0 aliphatic carbocycles. The van der Waals surface area contributed by atoms with Crippen LogP contribution in [0.25, 0.3) is 0 Å². The fourth-order valence-electron chi connectivity index (χ4n) is 0.461. The van der Waals surface area contributed by atoms with Crippen LogP contribution < -0.4 is 5.32 Å². The first kappa shape index (κ1) is 13.5. The minimum atomic E-state index is 1.09. The maximum absolute atomic E-state index is 3.09. The van der Waals surface area contributed by atoms with E-state index in [1.807, 2.05) is 7.05 Å². The summed E-state index contributed by atoms with van der Waals surface area (Å²) >= 11 is 0. The molecule has 0 amide bonds. The van der Waals surface area contributed by atoms with E-state index in [-0.39, 0.29) is 0 Å². The zero-order valence-corrected chi connectivity index (χ0v) is 8.78. The third-order valence-electron chi connectivity index (χ3n) is 1.28. The average molecular weight is 160 g/mol. The van der Waals surface area contributed by atoms with E-state index >= 15 is 0 Å². The second-order valence-corrected chi connectivity index (χ2v) is 2.71. The summed E-state index contributed by atoms with van der Waals surface area (Å²) in [6.45, 7) is 9.79. The maximum atomic E-state index is 3.09. The number of likely N-dealkylation sites (N-methyl/N-ethyl adjacent to an activating group) is 2. The molecule has 2 nitrogen and oxygen atoms in total. The minimum Gasteiger partial charge on any atom is -0.318 e. The third-order valence-corrected chi connectivity index (χ3v) is 1.28. The molecular formula is C9H24N2. The number of hydrogen-bond donors (Lipinski definition) is 1. The van der Waals surface area contributed by atoms with Gasteiger partial charge in [-0.05, 0) is 20.6 Å². The topological polar surface area (TPSA) is 15.3 Å². The van der Waals surface area contributed by atoms with Crippen LogP contribution in [0.5, 0.6) is 0 Å². The molecular weight excluding hydrogens is 136 g/mol. The lowest BCUT2D eigenvalue weighted by atomic mass is 10.5. The van der Waals surface area contributed by atoms with Crippen LogP contribution in [0, 0.1) is 0 Å². The molecule has 0 radical (unpaired) electrons. The Morgan fingerprint density at radius 3 is 1.91 bits per heavy atom. The van der Waals surface area contributed by atoms with Gasteiger partial charge in [-0.15, -0.1) is 0 Å². The van der Waals surface area contributed by atoms with Crippen molar-refractivity contribution < 1.29 is 0 Å². The van der Waals surface area contributed by atoms with Crippen LogP contribution in [-0.4, -0.2) is 38.6 Å². The number of hydrogen-bond acceptors (Lipinski definition) is 2. The Hall–Kier alpha value is -0.0800. The molecule has 0 rings (SSSR count). The van der Waals surface area contributed by atoms with Crippen molar-refractivity contribution in [2.45, 2.75) is 27.2 Å². The Kier molecular flexibility index (Phi) is 15.4. The van der Waals surface area contributed by atoms with Gasteiger partial charge in [0.2, 0.25) is 0 Å². The lowest BCUT2D eigenvalue weighted by Crippen LogP contribution is -2.26. The van der Waals surface area contributed by atoms with Crippen LogP contribution >= 0.6 is 0 Å². The molecule has 0 fully saturated rings. The van der Waals surface area contributed by atoms with Crippen molar-refractivity contribution in [3.8, 4) is 0 Å². The molecule has 0 aliphatic heterocycles. The number of nitrogens with zero attached hydrogens (tertiary/aromatic N) is 1. The average Bonchev–Trinajstić information content (AvgIpc) is 2.02. The molecule has 0 aromatic carbocycles. The quantitative estimate of drug-likeness (QED) is 0.671. The molecule has 0 unspecified atom stereocenters. The van der Waals surface area contributed by atoms with Gasteiger partial charge in [0, 0.05) is 13.1 Å². The van der Waals surface area contributed by atoms with Crippen molar-refractivity contribution in [3.05, 3.63) is 0 Å². The Labute approximate surface area is 72.0 Å². The second-order valence-electron chi connectivity index (χ2n) is 2.71. The molecule has 0 spiro atoms. The van der Waals surface area contributed by atoms with Crippen molar-refractivity contribution in [1.82, 2.24) is 10.2 Å². The van der Waals surface area contributed by atoms with Crippen LogP contribution in [-0.2, 0) is 0 Å². The fraction of sp³-hybridized carbons (Fsp3) is 1.00. The summed E-state index contributed by atoms with van der Waals surface area (Å²) in [6.07, 6.45) is 1.25. The van der Waals surface area contributed by atoms with Crippen LogP contribution in [0.4, 0.5) is 0 Å². The van der Waals surface area contributed by atoms with Gasteiger partial charge in [-0.2, -0.15) is 0 Å². The highest BCUT2D eigenvalue weighted by atomic mass is 15.1. The lowest BCUT2D eigenvalue weighted by Gasteiger charge is -2.11. The van der Waals surface area contributed by atoms with Crippen LogP contribution in [0.2, 0.25) is 0 Å². The first-order valence-corrected chi connectivity index (χ1v) is 4.55. The predicted molar refractivity (Wildman–Crippen MR) is 53.1 cm³/mol. The molecule has 0 heterocycles. The van der Waals surface area contributed by atoms with Gasteiger partial charge in [0.25, 0.3) is 0 Å². The first-order chi connectivity index (χ1) is 5.22. The van der Waals surface area contributed by atoms with Gasteiger partial charge in [0.15, 0.2) is 0 Å². The van der Waals surface area contributed by atoms with Gasteiger partial charge in [-0.1, -0.05) is 27.2 Å². The van der Waals surface area contributed by atoms with E-state index in [1.54, 1.807) is 0 Å².